The summed E-state index contributed by atoms with van der Waals surface area (Å²) in [5, 5.41) is 32.1. The van der Waals surface area contributed by atoms with Crippen LogP contribution in [0.2, 0.25) is 0 Å². The van der Waals surface area contributed by atoms with Crippen molar-refractivity contribution in [3.05, 3.63) is 10.0 Å². The van der Waals surface area contributed by atoms with Gasteiger partial charge in [-0.3, -0.25) is 4.79 Å². The summed E-state index contributed by atoms with van der Waals surface area (Å²) in [5.41, 5.74) is 11.0. The molecule has 0 aromatic carbocycles. The lowest BCUT2D eigenvalue weighted by molar-refractivity contribution is -0.145. The molecule has 0 saturated heterocycles. The van der Waals surface area contributed by atoms with Gasteiger partial charge in [0.25, 0.3) is 0 Å². The number of methoxy groups -OCH3 is 1. The van der Waals surface area contributed by atoms with Gasteiger partial charge in [0.1, 0.15) is 10.0 Å². The van der Waals surface area contributed by atoms with Crippen LogP contribution in [0.25, 0.3) is 0 Å². The zero-order chi connectivity index (χ0) is 20.7. The average Bonchev–Trinajstić information content (AvgIpc) is 3.06. The van der Waals surface area contributed by atoms with Gasteiger partial charge in [0, 0.05) is 0 Å². The van der Waals surface area contributed by atoms with E-state index in [2.05, 4.69) is 25.6 Å². The number of rotatable bonds is 9. The summed E-state index contributed by atoms with van der Waals surface area (Å²) in [6.07, 6.45) is -2.37. The first-order valence-electron chi connectivity index (χ1n) is 7.95. The van der Waals surface area contributed by atoms with Crippen LogP contribution in [0.1, 0.15) is 42.4 Å². The molecule has 0 aliphatic rings. The van der Waals surface area contributed by atoms with Crippen LogP contribution >= 0.6 is 11.3 Å². The fourth-order valence-corrected chi connectivity index (χ4v) is 2.97. The van der Waals surface area contributed by atoms with Crippen molar-refractivity contribution in [1.82, 2.24) is 20.8 Å². The van der Waals surface area contributed by atoms with E-state index >= 15 is 0 Å². The van der Waals surface area contributed by atoms with Gasteiger partial charge in [0.2, 0.25) is 5.91 Å². The summed E-state index contributed by atoms with van der Waals surface area (Å²) in [7, 11) is 1.11. The highest BCUT2D eigenvalue weighted by molar-refractivity contribution is 7.11. The molecular weight excluding hydrogens is 380 g/mol. The van der Waals surface area contributed by atoms with Gasteiger partial charge in [-0.1, -0.05) is 11.3 Å². The number of nitrogens with two attached hydrogens (primary N) is 2. The maximum absolute atomic E-state index is 12.2. The Morgan fingerprint density at radius 1 is 1.15 bits per heavy atom. The van der Waals surface area contributed by atoms with E-state index in [0.717, 1.165) is 18.4 Å². The molecule has 13 heteroatoms. The summed E-state index contributed by atoms with van der Waals surface area (Å²) >= 11 is 0.999. The highest BCUT2D eigenvalue weighted by Gasteiger charge is 2.29. The fraction of sp³-hybridized carbons (Fsp3) is 0.643. The number of aromatic nitrogens is 2. The smallest absolute Gasteiger partial charge is 0.331 e. The molecule has 0 radical (unpaired) electrons. The first kappa shape index (κ1) is 22.7. The quantitative estimate of drug-likeness (QED) is 0.253. The number of primary amides is 1. The van der Waals surface area contributed by atoms with Crippen molar-refractivity contribution in [2.24, 2.45) is 11.5 Å². The molecule has 27 heavy (non-hydrogen) atoms. The molecule has 4 unspecified atom stereocenters. The van der Waals surface area contributed by atoms with Gasteiger partial charge < -0.3 is 37.1 Å². The second kappa shape index (κ2) is 10.1. The zero-order valence-corrected chi connectivity index (χ0v) is 15.9. The van der Waals surface area contributed by atoms with Gasteiger partial charge >= 0.3 is 12.0 Å². The molecule has 12 nitrogen and oxygen atoms in total. The highest BCUT2D eigenvalue weighted by Crippen LogP contribution is 2.25. The minimum absolute atomic E-state index is 0.238. The summed E-state index contributed by atoms with van der Waals surface area (Å²) in [5.74, 6) is -1.55. The number of nitrogens with one attached hydrogen (secondary N) is 2. The molecule has 1 rings (SSSR count). The number of hydrogen-bond acceptors (Lipinski definition) is 10. The van der Waals surface area contributed by atoms with Crippen LogP contribution in [-0.2, 0) is 14.3 Å². The Morgan fingerprint density at radius 2 is 1.74 bits per heavy atom. The lowest BCUT2D eigenvalue weighted by Gasteiger charge is -2.21. The number of urea groups is 1. The van der Waals surface area contributed by atoms with E-state index in [1.807, 2.05) is 0 Å². The summed E-state index contributed by atoms with van der Waals surface area (Å²) < 4.78 is 4.51. The minimum atomic E-state index is -1.31. The zero-order valence-electron chi connectivity index (χ0n) is 15.1. The largest absolute Gasteiger partial charge is 0.467 e. The van der Waals surface area contributed by atoms with Crippen LogP contribution in [0.15, 0.2) is 0 Å². The van der Waals surface area contributed by atoms with Crippen LogP contribution < -0.4 is 22.1 Å². The van der Waals surface area contributed by atoms with E-state index in [1.54, 1.807) is 0 Å². The molecule has 0 fully saturated rings. The first-order chi connectivity index (χ1) is 12.6. The second-order valence-electron chi connectivity index (χ2n) is 5.83. The summed E-state index contributed by atoms with van der Waals surface area (Å²) in [6, 6.07) is -3.88. The number of carbonyl (C=O) groups is 3. The van der Waals surface area contributed by atoms with Crippen LogP contribution in [0.3, 0.4) is 0 Å². The van der Waals surface area contributed by atoms with E-state index in [-0.39, 0.29) is 11.4 Å². The molecule has 1 aromatic heterocycles. The molecule has 1 aromatic rings. The van der Waals surface area contributed by atoms with Crippen molar-refractivity contribution < 1.29 is 29.3 Å². The second-order valence-corrected chi connectivity index (χ2v) is 6.87. The molecule has 5 atom stereocenters. The number of ether oxygens (including phenoxy) is 1. The van der Waals surface area contributed by atoms with Gasteiger partial charge in [0.15, 0.2) is 6.04 Å². The van der Waals surface area contributed by atoms with Crippen LogP contribution in [0.5, 0.6) is 0 Å². The molecule has 0 aliphatic heterocycles. The average molecular weight is 404 g/mol. The Morgan fingerprint density at radius 3 is 2.22 bits per heavy atom. The molecular formula is C14H24N6O6S. The van der Waals surface area contributed by atoms with Crippen molar-refractivity contribution in [3.63, 3.8) is 0 Å². The van der Waals surface area contributed by atoms with Crippen molar-refractivity contribution in [2.75, 3.05) is 7.11 Å². The number of esters is 1. The van der Waals surface area contributed by atoms with Crippen LogP contribution in [0, 0.1) is 0 Å². The Labute approximate surface area is 159 Å². The molecule has 0 saturated carbocycles. The number of hydrogen-bond donors (Lipinski definition) is 6. The molecule has 152 valence electrons. The minimum Gasteiger partial charge on any atom is -0.467 e. The standard InChI is InChI=1S/C14H24N6O6S/c1-5(21)9(16)12-20-19-11(27-12)7(4-8(15)23)17-14(25)18-10(6(2)22)13(24)26-3/h5-7,9-10,21-22H,4,16H2,1-3H3,(H2,15,23)(H2,17,18,25)/t5?,6?,7-,9?,10?/m0/s1. The topological polar surface area (TPSA) is 203 Å². The van der Waals surface area contributed by atoms with Gasteiger partial charge in [-0.2, -0.15) is 0 Å². The van der Waals surface area contributed by atoms with Crippen LogP contribution in [0.4, 0.5) is 4.79 Å². The monoisotopic (exact) mass is 404 g/mol. The summed E-state index contributed by atoms with van der Waals surface area (Å²) in [6.45, 7) is 2.79. The van der Waals surface area contributed by atoms with E-state index in [4.69, 9.17) is 11.5 Å². The van der Waals surface area contributed by atoms with Gasteiger partial charge in [-0.05, 0) is 13.8 Å². The maximum Gasteiger partial charge on any atom is 0.331 e. The normalized spacial score (nSPS) is 16.5. The molecule has 3 amide bonds. The predicted molar refractivity (Wildman–Crippen MR) is 94.2 cm³/mol. The molecule has 0 aliphatic carbocycles. The number of nitrogens with zero attached hydrogens (tertiary/aromatic N) is 2. The Kier molecular flexibility index (Phi) is 8.49. The predicted octanol–water partition coefficient (Wildman–Crippen LogP) is -1.94. The third kappa shape index (κ3) is 6.71. The van der Waals surface area contributed by atoms with Crippen molar-refractivity contribution >= 4 is 29.2 Å². The third-order valence-electron chi connectivity index (χ3n) is 3.49. The van der Waals surface area contributed by atoms with Crippen molar-refractivity contribution in [3.8, 4) is 0 Å². The molecule has 1 heterocycles. The number of aliphatic hydroxyl groups is 2. The molecule has 0 spiro atoms. The Balaban J connectivity index is 2.93. The first-order valence-corrected chi connectivity index (χ1v) is 8.76. The Hall–Kier alpha value is -2.35. The van der Waals surface area contributed by atoms with Gasteiger partial charge in [0.05, 0.1) is 37.8 Å². The van der Waals surface area contributed by atoms with E-state index in [0.29, 0.717) is 5.01 Å². The lowest BCUT2D eigenvalue weighted by atomic mass is 10.2. The number of aliphatic hydroxyl groups excluding tert-OH is 2. The highest BCUT2D eigenvalue weighted by atomic mass is 32.1. The maximum atomic E-state index is 12.2. The van der Waals surface area contributed by atoms with E-state index < -0.39 is 48.2 Å². The van der Waals surface area contributed by atoms with Crippen LogP contribution in [-0.4, -0.2) is 63.7 Å². The van der Waals surface area contributed by atoms with Crippen molar-refractivity contribution in [1.29, 1.82) is 0 Å². The number of amides is 3. The molecule has 0 bridgehead atoms. The third-order valence-corrected chi connectivity index (χ3v) is 4.63. The van der Waals surface area contributed by atoms with E-state index in [1.165, 1.54) is 13.8 Å². The fourth-order valence-electron chi connectivity index (χ4n) is 1.97. The Bertz CT molecular complexity index is 666. The summed E-state index contributed by atoms with van der Waals surface area (Å²) in [4.78, 5) is 35.1. The van der Waals surface area contributed by atoms with Gasteiger partial charge in [-0.15, -0.1) is 10.2 Å². The SMILES string of the molecule is COC(=O)C(NC(=O)N[C@@H](CC(N)=O)c1nnc(C(N)C(C)O)s1)C(C)O. The van der Waals surface area contributed by atoms with Crippen molar-refractivity contribution in [2.45, 2.75) is 50.6 Å². The van der Waals surface area contributed by atoms with E-state index in [9.17, 15) is 24.6 Å². The lowest BCUT2D eigenvalue weighted by Crippen LogP contribution is -2.52. The number of carbonyl (C=O) groups excluding carboxylic acids is 3. The van der Waals surface area contributed by atoms with Gasteiger partial charge in [-0.25, -0.2) is 9.59 Å². The molecule has 8 N–H and O–H groups in total.